The molecule has 0 aliphatic carbocycles. The van der Waals surface area contributed by atoms with Gasteiger partial charge in [0.15, 0.2) is 5.82 Å². The minimum atomic E-state index is -0.0377. The zero-order valence-corrected chi connectivity index (χ0v) is 16.0. The van der Waals surface area contributed by atoms with Crippen molar-refractivity contribution in [3.05, 3.63) is 41.2 Å². The number of nitrogens with one attached hydrogen (secondary N) is 2. The summed E-state index contributed by atoms with van der Waals surface area (Å²) in [6.45, 7) is 5.80. The molecule has 0 radical (unpaired) electrons. The van der Waals surface area contributed by atoms with Crippen LogP contribution in [0.1, 0.15) is 41.8 Å². The number of likely N-dealkylation sites (tertiary alicyclic amines) is 1. The van der Waals surface area contributed by atoms with E-state index in [9.17, 15) is 4.79 Å². The number of aromatic amines is 1. The number of imidazole rings is 1. The van der Waals surface area contributed by atoms with Gasteiger partial charge in [0.1, 0.15) is 11.6 Å². The van der Waals surface area contributed by atoms with Crippen LogP contribution in [0.4, 0.5) is 4.79 Å². The Bertz CT molecular complexity index is 974. The molecule has 0 unspecified atom stereocenters. The molecular formula is C19H25N7O. The minimum Gasteiger partial charge on any atom is -0.334 e. The Kier molecular flexibility index (Phi) is 4.55. The van der Waals surface area contributed by atoms with Crippen LogP contribution in [0, 0.1) is 13.8 Å². The summed E-state index contributed by atoms with van der Waals surface area (Å²) < 4.78 is 2.07. The van der Waals surface area contributed by atoms with Crippen LogP contribution in [0.3, 0.4) is 0 Å². The van der Waals surface area contributed by atoms with Gasteiger partial charge < -0.3 is 14.8 Å². The van der Waals surface area contributed by atoms with E-state index in [1.165, 1.54) is 0 Å². The van der Waals surface area contributed by atoms with E-state index in [0.29, 0.717) is 13.1 Å². The molecule has 1 aliphatic rings. The van der Waals surface area contributed by atoms with Crippen LogP contribution in [0.2, 0.25) is 0 Å². The number of piperidine rings is 1. The first-order valence-corrected chi connectivity index (χ1v) is 9.35. The van der Waals surface area contributed by atoms with Crippen LogP contribution in [-0.4, -0.2) is 48.8 Å². The number of rotatable bonds is 3. The van der Waals surface area contributed by atoms with Crippen molar-refractivity contribution in [1.82, 2.24) is 34.9 Å². The molecule has 1 aromatic carbocycles. The van der Waals surface area contributed by atoms with Gasteiger partial charge in [0.2, 0.25) is 0 Å². The molecule has 2 N–H and O–H groups in total. The first kappa shape index (κ1) is 17.5. The van der Waals surface area contributed by atoms with E-state index in [1.54, 1.807) is 0 Å². The Labute approximate surface area is 158 Å². The third-order valence-corrected chi connectivity index (χ3v) is 5.30. The molecule has 142 valence electrons. The molecule has 0 saturated carbocycles. The van der Waals surface area contributed by atoms with Crippen LogP contribution in [0.25, 0.3) is 11.0 Å². The number of hydrogen-bond donors (Lipinski definition) is 2. The molecule has 0 bridgehead atoms. The fraction of sp³-hybridized carbons (Fsp3) is 0.474. The average molecular weight is 367 g/mol. The van der Waals surface area contributed by atoms with E-state index in [0.717, 1.165) is 53.5 Å². The lowest BCUT2D eigenvalue weighted by Gasteiger charge is -2.31. The summed E-state index contributed by atoms with van der Waals surface area (Å²) in [5.74, 6) is 2.79. The maximum atomic E-state index is 12.6. The van der Waals surface area contributed by atoms with Gasteiger partial charge >= 0.3 is 6.03 Å². The van der Waals surface area contributed by atoms with Gasteiger partial charge in [-0.2, -0.15) is 5.10 Å². The van der Waals surface area contributed by atoms with Crippen molar-refractivity contribution in [2.75, 3.05) is 13.1 Å². The zero-order chi connectivity index (χ0) is 19.0. The van der Waals surface area contributed by atoms with Crippen molar-refractivity contribution in [3.8, 4) is 0 Å². The maximum Gasteiger partial charge on any atom is 0.317 e. The minimum absolute atomic E-state index is 0.0377. The van der Waals surface area contributed by atoms with Gasteiger partial charge in [0.25, 0.3) is 0 Å². The second-order valence-electron chi connectivity index (χ2n) is 7.26. The normalized spacial score (nSPS) is 17.4. The van der Waals surface area contributed by atoms with Crippen LogP contribution in [-0.2, 0) is 13.6 Å². The molecule has 1 aliphatic heterocycles. The number of aromatic nitrogens is 5. The van der Waals surface area contributed by atoms with E-state index in [1.807, 2.05) is 37.9 Å². The lowest BCUT2D eigenvalue weighted by molar-refractivity contribution is 0.178. The Morgan fingerprint density at radius 2 is 2.19 bits per heavy atom. The molecule has 2 aromatic heterocycles. The first-order valence-electron chi connectivity index (χ1n) is 9.35. The number of nitrogens with zero attached hydrogens (tertiary/aromatic N) is 5. The van der Waals surface area contributed by atoms with Crippen molar-refractivity contribution in [2.24, 2.45) is 7.05 Å². The number of aryl methyl sites for hydroxylation is 3. The highest BCUT2D eigenvalue weighted by Gasteiger charge is 2.27. The molecule has 1 fully saturated rings. The summed E-state index contributed by atoms with van der Waals surface area (Å²) in [6, 6.07) is 6.10. The molecule has 4 rings (SSSR count). The summed E-state index contributed by atoms with van der Waals surface area (Å²) in [6.07, 6.45) is 1.97. The van der Waals surface area contributed by atoms with E-state index >= 15 is 0 Å². The Morgan fingerprint density at radius 1 is 1.33 bits per heavy atom. The Hall–Kier alpha value is -2.90. The number of benzene rings is 1. The lowest BCUT2D eigenvalue weighted by atomic mass is 9.98. The smallest absolute Gasteiger partial charge is 0.317 e. The van der Waals surface area contributed by atoms with Crippen LogP contribution in [0.5, 0.6) is 0 Å². The van der Waals surface area contributed by atoms with E-state index < -0.39 is 0 Å². The van der Waals surface area contributed by atoms with Crippen molar-refractivity contribution >= 4 is 17.1 Å². The van der Waals surface area contributed by atoms with Gasteiger partial charge in [-0.3, -0.25) is 5.10 Å². The highest BCUT2D eigenvalue weighted by Crippen LogP contribution is 2.24. The summed E-state index contributed by atoms with van der Waals surface area (Å²) in [7, 11) is 2.01. The zero-order valence-electron chi connectivity index (χ0n) is 16.0. The van der Waals surface area contributed by atoms with Crippen molar-refractivity contribution in [1.29, 1.82) is 0 Å². The Balaban J connectivity index is 1.38. The van der Waals surface area contributed by atoms with Gasteiger partial charge in [0.05, 0.1) is 11.0 Å². The van der Waals surface area contributed by atoms with Gasteiger partial charge in [0, 0.05) is 32.6 Å². The summed E-state index contributed by atoms with van der Waals surface area (Å²) in [5.41, 5.74) is 3.11. The highest BCUT2D eigenvalue weighted by atomic mass is 16.2. The number of carbonyl (C=O) groups excluding carboxylic acids is 1. The molecule has 2 amide bonds. The summed E-state index contributed by atoms with van der Waals surface area (Å²) in [4.78, 5) is 23.5. The number of carbonyl (C=O) groups is 1. The summed E-state index contributed by atoms with van der Waals surface area (Å²) >= 11 is 0. The number of fused-ring (bicyclic) bond motifs is 1. The largest absolute Gasteiger partial charge is 0.334 e. The van der Waals surface area contributed by atoms with Crippen molar-refractivity contribution in [3.63, 3.8) is 0 Å². The monoisotopic (exact) mass is 367 g/mol. The number of hydrogen-bond acceptors (Lipinski definition) is 4. The quantitative estimate of drug-likeness (QED) is 0.743. The molecule has 27 heavy (non-hydrogen) atoms. The SMILES string of the molecule is Cc1nc([C@@H]2CCCN(C(=O)NCc3ccc4c(c3)nc(C)n4C)C2)n[nH]1. The predicted octanol–water partition coefficient (Wildman–Crippen LogP) is 2.40. The van der Waals surface area contributed by atoms with Gasteiger partial charge in [-0.1, -0.05) is 6.07 Å². The van der Waals surface area contributed by atoms with Crippen molar-refractivity contribution < 1.29 is 4.79 Å². The van der Waals surface area contributed by atoms with E-state index in [-0.39, 0.29) is 11.9 Å². The third kappa shape index (κ3) is 3.51. The Morgan fingerprint density at radius 3 is 2.96 bits per heavy atom. The molecule has 3 heterocycles. The second-order valence-corrected chi connectivity index (χ2v) is 7.26. The second kappa shape index (κ2) is 7.02. The van der Waals surface area contributed by atoms with E-state index in [4.69, 9.17) is 0 Å². The lowest BCUT2D eigenvalue weighted by Crippen LogP contribution is -2.44. The fourth-order valence-electron chi connectivity index (χ4n) is 3.68. The molecular weight excluding hydrogens is 342 g/mol. The fourth-order valence-corrected chi connectivity index (χ4v) is 3.68. The number of amides is 2. The average Bonchev–Trinajstić information content (AvgIpc) is 3.23. The van der Waals surface area contributed by atoms with E-state index in [2.05, 4.69) is 36.1 Å². The number of urea groups is 1. The maximum absolute atomic E-state index is 12.6. The topological polar surface area (TPSA) is 91.7 Å². The van der Waals surface area contributed by atoms with Crippen LogP contribution in [0.15, 0.2) is 18.2 Å². The van der Waals surface area contributed by atoms with Gasteiger partial charge in [-0.25, -0.2) is 14.8 Å². The van der Waals surface area contributed by atoms with Crippen molar-refractivity contribution in [2.45, 2.75) is 39.2 Å². The van der Waals surface area contributed by atoms with Gasteiger partial charge in [-0.05, 0) is 44.4 Å². The molecule has 1 atom stereocenters. The highest BCUT2D eigenvalue weighted by molar-refractivity contribution is 5.77. The summed E-state index contributed by atoms with van der Waals surface area (Å²) in [5, 5.41) is 10.2. The van der Waals surface area contributed by atoms with Crippen LogP contribution >= 0.6 is 0 Å². The third-order valence-electron chi connectivity index (χ3n) is 5.30. The molecule has 1 saturated heterocycles. The molecule has 8 nitrogen and oxygen atoms in total. The molecule has 3 aromatic rings. The van der Waals surface area contributed by atoms with Gasteiger partial charge in [-0.15, -0.1) is 0 Å². The standard InChI is InChI=1S/C19H25N7O/c1-12-21-18(24-23-12)15-5-4-8-26(11-15)19(27)20-10-14-6-7-17-16(9-14)22-13(2)25(17)3/h6-7,9,15H,4-5,8,10-11H2,1-3H3,(H,20,27)(H,21,23,24)/t15-/m1/s1. The number of H-pyrrole nitrogens is 1. The predicted molar refractivity (Wildman–Crippen MR) is 102 cm³/mol. The first-order chi connectivity index (χ1) is 13.0. The molecule has 8 heteroatoms. The molecule has 0 spiro atoms. The van der Waals surface area contributed by atoms with Crippen LogP contribution < -0.4 is 5.32 Å².